The molecule has 1 unspecified atom stereocenters. The molecule has 0 saturated heterocycles. The number of aromatic nitrogens is 2. The number of fused-ring (bicyclic) bond motifs is 1. The van der Waals surface area contributed by atoms with Crippen LogP contribution in [0.5, 0.6) is 0 Å². The Morgan fingerprint density at radius 3 is 2.44 bits per heavy atom. The SMILES string of the molecule is CC(Cl)c1nc2ccccc2n1C(C)(C)C. The molecule has 0 aliphatic carbocycles. The van der Waals surface area contributed by atoms with Crippen LogP contribution in [0.4, 0.5) is 0 Å². The molecule has 1 aromatic heterocycles. The highest BCUT2D eigenvalue weighted by Crippen LogP contribution is 2.30. The first-order valence-electron chi connectivity index (χ1n) is 5.53. The Morgan fingerprint density at radius 1 is 1.25 bits per heavy atom. The summed E-state index contributed by atoms with van der Waals surface area (Å²) in [5.74, 6) is 0.940. The van der Waals surface area contributed by atoms with E-state index in [1.54, 1.807) is 0 Å². The molecule has 0 radical (unpaired) electrons. The van der Waals surface area contributed by atoms with Crippen LogP contribution in [0.1, 0.15) is 38.9 Å². The van der Waals surface area contributed by atoms with Gasteiger partial charge >= 0.3 is 0 Å². The smallest absolute Gasteiger partial charge is 0.128 e. The number of imidazole rings is 1. The first-order valence-corrected chi connectivity index (χ1v) is 5.97. The fourth-order valence-corrected chi connectivity index (χ4v) is 2.16. The molecule has 16 heavy (non-hydrogen) atoms. The summed E-state index contributed by atoms with van der Waals surface area (Å²) >= 11 is 6.20. The fourth-order valence-electron chi connectivity index (χ4n) is 2.02. The maximum absolute atomic E-state index is 6.20. The summed E-state index contributed by atoms with van der Waals surface area (Å²) in [5, 5.41) is -0.0772. The molecule has 0 fully saturated rings. The van der Waals surface area contributed by atoms with Crippen molar-refractivity contribution in [2.75, 3.05) is 0 Å². The number of benzene rings is 1. The van der Waals surface area contributed by atoms with E-state index in [0.717, 1.165) is 16.9 Å². The molecular weight excluding hydrogens is 220 g/mol. The first kappa shape index (κ1) is 11.5. The lowest BCUT2D eigenvalue weighted by atomic mass is 10.1. The molecule has 0 amide bonds. The van der Waals surface area contributed by atoms with Gasteiger partial charge in [0.2, 0.25) is 0 Å². The quantitative estimate of drug-likeness (QED) is 0.682. The minimum absolute atomic E-state index is 0.00537. The molecule has 1 atom stereocenters. The van der Waals surface area contributed by atoms with Crippen molar-refractivity contribution < 1.29 is 0 Å². The van der Waals surface area contributed by atoms with Crippen LogP contribution in [0.15, 0.2) is 24.3 Å². The Labute approximate surface area is 101 Å². The van der Waals surface area contributed by atoms with Gasteiger partial charge in [0.05, 0.1) is 16.4 Å². The van der Waals surface area contributed by atoms with Crippen molar-refractivity contribution in [3.05, 3.63) is 30.1 Å². The van der Waals surface area contributed by atoms with E-state index >= 15 is 0 Å². The third-order valence-electron chi connectivity index (χ3n) is 2.61. The van der Waals surface area contributed by atoms with E-state index in [1.807, 2.05) is 25.1 Å². The minimum Gasteiger partial charge on any atom is -0.321 e. The van der Waals surface area contributed by atoms with Gasteiger partial charge in [0.15, 0.2) is 0 Å². The topological polar surface area (TPSA) is 17.8 Å². The Balaban J connectivity index is 2.80. The molecule has 0 spiro atoms. The number of alkyl halides is 1. The van der Waals surface area contributed by atoms with Gasteiger partial charge < -0.3 is 4.57 Å². The lowest BCUT2D eigenvalue weighted by Crippen LogP contribution is -2.24. The molecular formula is C13H17ClN2. The predicted molar refractivity (Wildman–Crippen MR) is 69.0 cm³/mol. The van der Waals surface area contributed by atoms with Crippen molar-refractivity contribution in [2.45, 2.75) is 38.6 Å². The second kappa shape index (κ2) is 3.77. The van der Waals surface area contributed by atoms with E-state index in [-0.39, 0.29) is 10.9 Å². The van der Waals surface area contributed by atoms with Crippen LogP contribution in [0.3, 0.4) is 0 Å². The second-order valence-corrected chi connectivity index (χ2v) is 5.74. The zero-order valence-electron chi connectivity index (χ0n) is 10.2. The van der Waals surface area contributed by atoms with Crippen molar-refractivity contribution >= 4 is 22.6 Å². The number of nitrogens with zero attached hydrogens (tertiary/aromatic N) is 2. The number of hydrogen-bond acceptors (Lipinski definition) is 1. The lowest BCUT2D eigenvalue weighted by molar-refractivity contribution is 0.394. The van der Waals surface area contributed by atoms with Crippen molar-refractivity contribution in [3.63, 3.8) is 0 Å². The minimum atomic E-state index is -0.0772. The zero-order chi connectivity index (χ0) is 11.9. The fraction of sp³-hybridized carbons (Fsp3) is 0.462. The Kier molecular flexibility index (Phi) is 2.70. The van der Waals surface area contributed by atoms with Gasteiger partial charge in [0, 0.05) is 5.54 Å². The van der Waals surface area contributed by atoms with Gasteiger partial charge in [-0.1, -0.05) is 12.1 Å². The summed E-state index contributed by atoms with van der Waals surface area (Å²) in [6, 6.07) is 8.16. The normalized spacial score (nSPS) is 14.3. The number of hydrogen-bond donors (Lipinski definition) is 0. The van der Waals surface area contributed by atoms with E-state index in [1.165, 1.54) is 0 Å². The molecule has 0 aliphatic heterocycles. The van der Waals surface area contributed by atoms with Crippen LogP contribution < -0.4 is 0 Å². The van der Waals surface area contributed by atoms with Crippen LogP contribution in [0.2, 0.25) is 0 Å². The largest absolute Gasteiger partial charge is 0.321 e. The van der Waals surface area contributed by atoms with Crippen LogP contribution >= 0.6 is 11.6 Å². The molecule has 0 N–H and O–H groups in total. The summed E-state index contributed by atoms with van der Waals surface area (Å²) in [5.41, 5.74) is 2.16. The Morgan fingerprint density at radius 2 is 1.88 bits per heavy atom. The van der Waals surface area contributed by atoms with E-state index in [4.69, 9.17) is 11.6 Å². The number of para-hydroxylation sites is 2. The first-order chi connectivity index (χ1) is 7.41. The summed E-state index contributed by atoms with van der Waals surface area (Å²) < 4.78 is 2.22. The monoisotopic (exact) mass is 236 g/mol. The molecule has 0 aliphatic rings. The molecule has 0 bridgehead atoms. The highest BCUT2D eigenvalue weighted by Gasteiger charge is 2.23. The van der Waals surface area contributed by atoms with Crippen molar-refractivity contribution in [1.82, 2.24) is 9.55 Å². The molecule has 2 aromatic rings. The second-order valence-electron chi connectivity index (χ2n) is 5.08. The van der Waals surface area contributed by atoms with Gasteiger partial charge in [-0.15, -0.1) is 11.6 Å². The molecule has 2 rings (SSSR count). The molecule has 0 saturated carbocycles. The van der Waals surface area contributed by atoms with Gasteiger partial charge in [0.1, 0.15) is 5.82 Å². The molecule has 86 valence electrons. The van der Waals surface area contributed by atoms with Gasteiger partial charge in [-0.05, 0) is 39.8 Å². The van der Waals surface area contributed by atoms with Crippen LogP contribution in [0, 0.1) is 0 Å². The summed E-state index contributed by atoms with van der Waals surface area (Å²) in [7, 11) is 0. The molecule has 1 aromatic carbocycles. The van der Waals surface area contributed by atoms with Crippen LogP contribution in [0.25, 0.3) is 11.0 Å². The predicted octanol–water partition coefficient (Wildman–Crippen LogP) is 4.09. The number of halogens is 1. The molecule has 1 heterocycles. The van der Waals surface area contributed by atoms with Crippen LogP contribution in [-0.4, -0.2) is 9.55 Å². The van der Waals surface area contributed by atoms with Crippen molar-refractivity contribution in [3.8, 4) is 0 Å². The van der Waals surface area contributed by atoms with E-state index in [0.29, 0.717) is 0 Å². The van der Waals surface area contributed by atoms with E-state index < -0.39 is 0 Å². The standard InChI is InChI=1S/C13H17ClN2/c1-9(14)12-15-10-7-5-6-8-11(10)16(12)13(2,3)4/h5-9H,1-4H3. The number of rotatable bonds is 1. The van der Waals surface area contributed by atoms with E-state index in [9.17, 15) is 0 Å². The van der Waals surface area contributed by atoms with Crippen molar-refractivity contribution in [2.24, 2.45) is 0 Å². The highest BCUT2D eigenvalue weighted by molar-refractivity contribution is 6.20. The average molecular weight is 237 g/mol. The van der Waals surface area contributed by atoms with Gasteiger partial charge in [0.25, 0.3) is 0 Å². The van der Waals surface area contributed by atoms with Gasteiger partial charge in [-0.2, -0.15) is 0 Å². The van der Waals surface area contributed by atoms with Gasteiger partial charge in [-0.25, -0.2) is 4.98 Å². The van der Waals surface area contributed by atoms with Crippen molar-refractivity contribution in [1.29, 1.82) is 0 Å². The van der Waals surface area contributed by atoms with Crippen LogP contribution in [-0.2, 0) is 5.54 Å². The summed E-state index contributed by atoms with van der Waals surface area (Å²) in [4.78, 5) is 4.61. The Bertz CT molecular complexity index is 506. The summed E-state index contributed by atoms with van der Waals surface area (Å²) in [6.45, 7) is 8.47. The molecule has 2 nitrogen and oxygen atoms in total. The maximum Gasteiger partial charge on any atom is 0.128 e. The third-order valence-corrected chi connectivity index (χ3v) is 2.81. The zero-order valence-corrected chi connectivity index (χ0v) is 10.9. The Hall–Kier alpha value is -1.02. The highest BCUT2D eigenvalue weighted by atomic mass is 35.5. The average Bonchev–Trinajstić information content (AvgIpc) is 2.55. The van der Waals surface area contributed by atoms with Gasteiger partial charge in [-0.3, -0.25) is 0 Å². The maximum atomic E-state index is 6.20. The third kappa shape index (κ3) is 1.82. The summed E-state index contributed by atoms with van der Waals surface area (Å²) in [6.07, 6.45) is 0. The lowest BCUT2D eigenvalue weighted by Gasteiger charge is -2.25. The van der Waals surface area contributed by atoms with E-state index in [2.05, 4.69) is 36.4 Å². The molecule has 3 heteroatoms.